The molecule has 2 N–H and O–H groups in total. The summed E-state index contributed by atoms with van der Waals surface area (Å²) in [6.07, 6.45) is 0.914. The van der Waals surface area contributed by atoms with Crippen molar-refractivity contribution in [1.82, 2.24) is 4.98 Å². The molecule has 0 saturated heterocycles. The molecular formula is C11H18N2O3S. The van der Waals surface area contributed by atoms with Gasteiger partial charge in [-0.2, -0.15) is 0 Å². The third-order valence-electron chi connectivity index (χ3n) is 2.48. The Kier molecular flexibility index (Phi) is 4.89. The number of carboxylic acids is 1. The molecule has 0 atom stereocenters. The fourth-order valence-corrected chi connectivity index (χ4v) is 1.98. The topological polar surface area (TPSA) is 71.5 Å². The molecule has 1 aromatic heterocycles. The van der Waals surface area contributed by atoms with Crippen molar-refractivity contribution in [3.8, 4) is 0 Å². The lowest BCUT2D eigenvalue weighted by atomic mass is 9.90. The zero-order chi connectivity index (χ0) is 12.9. The van der Waals surface area contributed by atoms with E-state index in [4.69, 9.17) is 9.84 Å². The van der Waals surface area contributed by atoms with E-state index in [-0.39, 0.29) is 11.1 Å². The second-order valence-corrected chi connectivity index (χ2v) is 5.45. The Balaban J connectivity index is 2.54. The molecule has 0 aliphatic rings. The van der Waals surface area contributed by atoms with E-state index < -0.39 is 5.97 Å². The van der Waals surface area contributed by atoms with E-state index in [1.807, 2.05) is 0 Å². The highest BCUT2D eigenvalue weighted by molar-refractivity contribution is 7.14. The smallest absolute Gasteiger partial charge is 0.357 e. The second-order valence-electron chi connectivity index (χ2n) is 4.60. The molecule has 0 saturated carbocycles. The number of aromatic nitrogens is 1. The van der Waals surface area contributed by atoms with Gasteiger partial charge in [-0.15, -0.1) is 11.3 Å². The average molecular weight is 258 g/mol. The molecule has 6 heteroatoms. The average Bonchev–Trinajstić information content (AvgIpc) is 2.72. The number of anilines is 1. The maximum atomic E-state index is 10.9. The van der Waals surface area contributed by atoms with E-state index >= 15 is 0 Å². The molecule has 1 aromatic rings. The Labute approximate surface area is 105 Å². The summed E-state index contributed by atoms with van der Waals surface area (Å²) in [6.45, 7) is 5.61. The van der Waals surface area contributed by atoms with Gasteiger partial charge in [0.15, 0.2) is 5.69 Å². The second kappa shape index (κ2) is 5.97. The molecular weight excluding hydrogens is 240 g/mol. The summed E-state index contributed by atoms with van der Waals surface area (Å²) in [5.41, 5.74) is 1.68. The summed E-state index contributed by atoms with van der Waals surface area (Å²) >= 11 is 1.31. The highest BCUT2D eigenvalue weighted by Gasteiger charge is 2.20. The molecule has 0 aromatic carbocycles. The minimum absolute atomic E-state index is 0.0514. The zero-order valence-electron chi connectivity index (χ0n) is 10.3. The van der Waals surface area contributed by atoms with Gasteiger partial charge in [-0.1, -0.05) is 13.8 Å². The highest BCUT2D eigenvalue weighted by atomic mass is 32.1. The van der Waals surface area contributed by atoms with Gasteiger partial charge in [0.2, 0.25) is 0 Å². The number of rotatable bonds is 7. The predicted octanol–water partition coefficient (Wildman–Crippen LogP) is 2.32. The lowest BCUT2D eigenvalue weighted by molar-refractivity contribution is 0.0692. The SMILES string of the molecule is COCCC(C)(C)CNc1scnc1C(=O)O. The van der Waals surface area contributed by atoms with Crippen LogP contribution in [0.5, 0.6) is 0 Å². The summed E-state index contributed by atoms with van der Waals surface area (Å²) in [5, 5.41) is 12.7. The number of nitrogens with one attached hydrogen (secondary N) is 1. The highest BCUT2D eigenvalue weighted by Crippen LogP contribution is 2.25. The van der Waals surface area contributed by atoms with Crippen LogP contribution >= 0.6 is 11.3 Å². The van der Waals surface area contributed by atoms with Crippen molar-refractivity contribution in [2.45, 2.75) is 20.3 Å². The minimum Gasteiger partial charge on any atom is -0.476 e. The Hall–Kier alpha value is -1.14. The molecule has 0 amide bonds. The number of methoxy groups -OCH3 is 1. The zero-order valence-corrected chi connectivity index (χ0v) is 11.1. The molecule has 0 spiro atoms. The number of thiazole rings is 1. The van der Waals surface area contributed by atoms with Crippen molar-refractivity contribution in [2.24, 2.45) is 5.41 Å². The van der Waals surface area contributed by atoms with Crippen molar-refractivity contribution in [3.05, 3.63) is 11.2 Å². The van der Waals surface area contributed by atoms with Gasteiger partial charge < -0.3 is 15.2 Å². The predicted molar refractivity (Wildman–Crippen MR) is 67.8 cm³/mol. The van der Waals surface area contributed by atoms with E-state index in [0.717, 1.165) is 6.42 Å². The lowest BCUT2D eigenvalue weighted by Crippen LogP contribution is -2.25. The van der Waals surface area contributed by atoms with Crippen LogP contribution in [0.2, 0.25) is 0 Å². The van der Waals surface area contributed by atoms with Crippen LogP contribution < -0.4 is 5.32 Å². The van der Waals surface area contributed by atoms with E-state index in [9.17, 15) is 4.79 Å². The van der Waals surface area contributed by atoms with Crippen molar-refractivity contribution >= 4 is 22.3 Å². The normalized spacial score (nSPS) is 11.5. The maximum Gasteiger partial charge on any atom is 0.357 e. The minimum atomic E-state index is -0.997. The number of carboxylic acid groups (broad SMARTS) is 1. The van der Waals surface area contributed by atoms with Gasteiger partial charge in [-0.3, -0.25) is 0 Å². The van der Waals surface area contributed by atoms with Crippen molar-refractivity contribution in [1.29, 1.82) is 0 Å². The van der Waals surface area contributed by atoms with Gasteiger partial charge >= 0.3 is 5.97 Å². The summed E-state index contributed by atoms with van der Waals surface area (Å²) in [5.74, 6) is -0.997. The van der Waals surface area contributed by atoms with Gasteiger partial charge in [0, 0.05) is 20.3 Å². The quantitative estimate of drug-likeness (QED) is 0.785. The van der Waals surface area contributed by atoms with Crippen LogP contribution in [0, 0.1) is 5.41 Å². The van der Waals surface area contributed by atoms with Crippen LogP contribution in [0.4, 0.5) is 5.00 Å². The van der Waals surface area contributed by atoms with Crippen molar-refractivity contribution in [3.63, 3.8) is 0 Å². The first-order chi connectivity index (χ1) is 7.96. The van der Waals surface area contributed by atoms with Crippen LogP contribution in [0.15, 0.2) is 5.51 Å². The molecule has 0 bridgehead atoms. The Morgan fingerprint density at radius 1 is 1.65 bits per heavy atom. The fraction of sp³-hybridized carbons (Fsp3) is 0.636. The maximum absolute atomic E-state index is 10.9. The molecule has 0 radical (unpaired) electrons. The Bertz CT molecular complexity index is 377. The number of hydrogen-bond donors (Lipinski definition) is 2. The van der Waals surface area contributed by atoms with Crippen molar-refractivity contribution in [2.75, 3.05) is 25.6 Å². The van der Waals surface area contributed by atoms with E-state index in [2.05, 4.69) is 24.1 Å². The molecule has 0 aliphatic heterocycles. The first-order valence-corrected chi connectivity index (χ1v) is 6.24. The van der Waals surface area contributed by atoms with Gasteiger partial charge in [0.05, 0.1) is 5.51 Å². The standard InChI is InChI=1S/C11H18N2O3S/c1-11(2,4-5-16-3)6-12-9-8(10(14)15)13-7-17-9/h7,12H,4-6H2,1-3H3,(H,14,15). The van der Waals surface area contributed by atoms with Crippen LogP contribution in [-0.2, 0) is 4.74 Å². The third kappa shape index (κ3) is 4.32. The molecule has 5 nitrogen and oxygen atoms in total. The van der Waals surface area contributed by atoms with E-state index in [1.54, 1.807) is 7.11 Å². The molecule has 96 valence electrons. The molecule has 0 aliphatic carbocycles. The lowest BCUT2D eigenvalue weighted by Gasteiger charge is -2.24. The number of carbonyl (C=O) groups is 1. The summed E-state index contributed by atoms with van der Waals surface area (Å²) in [6, 6.07) is 0. The molecule has 0 unspecified atom stereocenters. The number of hydrogen-bond acceptors (Lipinski definition) is 5. The fourth-order valence-electron chi connectivity index (χ4n) is 1.31. The van der Waals surface area contributed by atoms with Crippen LogP contribution in [0.3, 0.4) is 0 Å². The van der Waals surface area contributed by atoms with Crippen LogP contribution in [0.25, 0.3) is 0 Å². The third-order valence-corrected chi connectivity index (χ3v) is 3.26. The van der Waals surface area contributed by atoms with Crippen LogP contribution in [0.1, 0.15) is 30.8 Å². The first-order valence-electron chi connectivity index (χ1n) is 5.36. The number of ether oxygens (including phenoxy) is 1. The molecule has 17 heavy (non-hydrogen) atoms. The van der Waals surface area contributed by atoms with Crippen molar-refractivity contribution < 1.29 is 14.6 Å². The number of aromatic carboxylic acids is 1. The largest absolute Gasteiger partial charge is 0.476 e. The molecule has 1 rings (SSSR count). The monoisotopic (exact) mass is 258 g/mol. The number of nitrogens with zero attached hydrogens (tertiary/aromatic N) is 1. The van der Waals surface area contributed by atoms with Gasteiger partial charge in [0.1, 0.15) is 5.00 Å². The van der Waals surface area contributed by atoms with E-state index in [1.165, 1.54) is 16.8 Å². The van der Waals surface area contributed by atoms with Gasteiger partial charge in [-0.25, -0.2) is 9.78 Å². The first kappa shape index (κ1) is 13.9. The molecule has 1 heterocycles. The summed E-state index contributed by atoms with van der Waals surface area (Å²) < 4.78 is 5.05. The van der Waals surface area contributed by atoms with Gasteiger partial charge in [0.25, 0.3) is 0 Å². The summed E-state index contributed by atoms with van der Waals surface area (Å²) in [7, 11) is 1.68. The Morgan fingerprint density at radius 2 is 2.35 bits per heavy atom. The van der Waals surface area contributed by atoms with E-state index in [0.29, 0.717) is 18.2 Å². The Morgan fingerprint density at radius 3 is 2.94 bits per heavy atom. The van der Waals surface area contributed by atoms with Gasteiger partial charge in [-0.05, 0) is 11.8 Å². The van der Waals surface area contributed by atoms with Crippen LogP contribution in [-0.4, -0.2) is 36.3 Å². The molecule has 0 fully saturated rings. The summed E-state index contributed by atoms with van der Waals surface area (Å²) in [4.78, 5) is 14.7.